The first-order chi connectivity index (χ1) is 5.07. The van der Waals surface area contributed by atoms with Crippen LogP contribution in [0.15, 0.2) is 0 Å². The Bertz CT molecular complexity index is 214. The lowest BCUT2D eigenvalue weighted by molar-refractivity contribution is 0.324. The number of hydrogen-bond donors (Lipinski definition) is 4. The van der Waals surface area contributed by atoms with Gasteiger partial charge in [0, 0.05) is 0 Å². The molecule has 12 heavy (non-hydrogen) atoms. The predicted molar refractivity (Wildman–Crippen MR) is 42.7 cm³/mol. The summed E-state index contributed by atoms with van der Waals surface area (Å²) >= 11 is 0. The molecule has 0 heterocycles. The Labute approximate surface area is 69.9 Å². The maximum Gasteiger partial charge on any atom is 0.340 e. The van der Waals surface area contributed by atoms with E-state index in [0.717, 1.165) is 0 Å². The van der Waals surface area contributed by atoms with Gasteiger partial charge in [-0.05, 0) is 5.92 Å². The Balaban J connectivity index is 4.97. The molecule has 0 radical (unpaired) electrons. The maximum absolute atomic E-state index is 10.6. The molecule has 0 rings (SSSR count). The summed E-state index contributed by atoms with van der Waals surface area (Å²) in [5.41, 5.74) is 0. The normalized spacial score (nSPS) is 14.3. The smallest absolute Gasteiger partial charge is 0.324 e. The van der Waals surface area contributed by atoms with E-state index in [2.05, 4.69) is 0 Å². The Morgan fingerprint density at radius 3 is 1.17 bits per heavy atom. The van der Waals surface area contributed by atoms with Crippen LogP contribution in [0.3, 0.4) is 0 Å². The Morgan fingerprint density at radius 1 is 0.917 bits per heavy atom. The molecular formula is C4H12O6P2. The lowest BCUT2D eigenvalue weighted by Gasteiger charge is -2.22. The zero-order valence-electron chi connectivity index (χ0n) is 6.65. The fourth-order valence-electron chi connectivity index (χ4n) is 0.973. The van der Waals surface area contributed by atoms with Crippen molar-refractivity contribution in [1.82, 2.24) is 0 Å². The second kappa shape index (κ2) is 3.58. The fraction of sp³-hybridized carbons (Fsp3) is 1.00. The van der Waals surface area contributed by atoms with Gasteiger partial charge in [-0.25, -0.2) is 0 Å². The van der Waals surface area contributed by atoms with Crippen molar-refractivity contribution < 1.29 is 28.7 Å². The second-order valence-corrected chi connectivity index (χ2v) is 6.71. The van der Waals surface area contributed by atoms with Gasteiger partial charge in [0.2, 0.25) is 0 Å². The average Bonchev–Trinajstić information content (AvgIpc) is 1.49. The quantitative estimate of drug-likeness (QED) is 0.507. The van der Waals surface area contributed by atoms with E-state index in [4.69, 9.17) is 19.6 Å². The molecule has 0 atom stereocenters. The molecule has 0 aromatic rings. The molecule has 0 unspecified atom stereocenters. The van der Waals surface area contributed by atoms with Crippen molar-refractivity contribution in [3.63, 3.8) is 0 Å². The highest BCUT2D eigenvalue weighted by Gasteiger charge is 2.45. The molecule has 74 valence electrons. The average molecular weight is 218 g/mol. The SMILES string of the molecule is CC(C)C(P(=O)(O)O)P(=O)(O)O. The van der Waals surface area contributed by atoms with Crippen molar-refractivity contribution >= 4 is 15.2 Å². The van der Waals surface area contributed by atoms with Crippen molar-refractivity contribution in [2.45, 2.75) is 19.2 Å². The summed E-state index contributed by atoms with van der Waals surface area (Å²) in [6.07, 6.45) is 0. The maximum atomic E-state index is 10.6. The molecule has 0 amide bonds. The van der Waals surface area contributed by atoms with E-state index < -0.39 is 26.5 Å². The van der Waals surface area contributed by atoms with E-state index in [0.29, 0.717) is 0 Å². The molecule has 8 heteroatoms. The van der Waals surface area contributed by atoms with Gasteiger partial charge < -0.3 is 19.6 Å². The van der Waals surface area contributed by atoms with Gasteiger partial charge in [-0.2, -0.15) is 0 Å². The van der Waals surface area contributed by atoms with Crippen LogP contribution in [0.4, 0.5) is 0 Å². The summed E-state index contributed by atoms with van der Waals surface area (Å²) in [4.78, 5) is 34.4. The summed E-state index contributed by atoms with van der Waals surface area (Å²) in [5, 5.41) is -1.88. The lowest BCUT2D eigenvalue weighted by Crippen LogP contribution is -2.15. The van der Waals surface area contributed by atoms with E-state index in [1.165, 1.54) is 13.8 Å². The molecule has 0 saturated heterocycles. The van der Waals surface area contributed by atoms with Gasteiger partial charge in [-0.3, -0.25) is 9.13 Å². The summed E-state index contributed by atoms with van der Waals surface area (Å²) in [6, 6.07) is 0. The summed E-state index contributed by atoms with van der Waals surface area (Å²) in [7, 11) is -9.43. The first-order valence-corrected chi connectivity index (χ1v) is 6.53. The van der Waals surface area contributed by atoms with Crippen molar-refractivity contribution in [1.29, 1.82) is 0 Å². The Hall–Kier alpha value is 0.300. The van der Waals surface area contributed by atoms with Crippen LogP contribution in [0, 0.1) is 5.92 Å². The van der Waals surface area contributed by atoms with Crippen LogP contribution >= 0.6 is 15.2 Å². The highest BCUT2D eigenvalue weighted by molar-refractivity contribution is 7.70. The first-order valence-electron chi connectivity index (χ1n) is 3.17. The minimum absolute atomic E-state index is 0.758. The van der Waals surface area contributed by atoms with Crippen LogP contribution in [0.1, 0.15) is 13.8 Å². The zero-order chi connectivity index (χ0) is 10.2. The van der Waals surface area contributed by atoms with Gasteiger partial charge in [-0.15, -0.1) is 0 Å². The highest BCUT2D eigenvalue weighted by Crippen LogP contribution is 2.62. The zero-order valence-corrected chi connectivity index (χ0v) is 8.44. The van der Waals surface area contributed by atoms with Gasteiger partial charge in [0.15, 0.2) is 5.40 Å². The van der Waals surface area contributed by atoms with E-state index >= 15 is 0 Å². The standard InChI is InChI=1S/C4H12O6P2/c1-3(2)4(11(5,6)7)12(8,9)10/h3-4H,1-2H3,(H2,5,6,7)(H2,8,9,10). The van der Waals surface area contributed by atoms with Gasteiger partial charge in [0.1, 0.15) is 0 Å². The topological polar surface area (TPSA) is 115 Å². The molecule has 0 bridgehead atoms. The Morgan fingerprint density at radius 2 is 1.17 bits per heavy atom. The van der Waals surface area contributed by atoms with Gasteiger partial charge >= 0.3 is 15.2 Å². The van der Waals surface area contributed by atoms with Gasteiger partial charge in [0.25, 0.3) is 0 Å². The van der Waals surface area contributed by atoms with Crippen LogP contribution in [0.25, 0.3) is 0 Å². The van der Waals surface area contributed by atoms with Gasteiger partial charge in [-0.1, -0.05) is 13.8 Å². The summed E-state index contributed by atoms with van der Waals surface area (Å²) in [5.74, 6) is -0.758. The van der Waals surface area contributed by atoms with Crippen molar-refractivity contribution in [2.24, 2.45) is 5.92 Å². The van der Waals surface area contributed by atoms with E-state index in [9.17, 15) is 9.13 Å². The van der Waals surface area contributed by atoms with Crippen molar-refractivity contribution in [3.8, 4) is 0 Å². The molecule has 4 N–H and O–H groups in total. The summed E-state index contributed by atoms with van der Waals surface area (Å²) in [6.45, 7) is 2.70. The monoisotopic (exact) mass is 218 g/mol. The first kappa shape index (κ1) is 12.3. The van der Waals surface area contributed by atoms with Gasteiger partial charge in [0.05, 0.1) is 0 Å². The molecular weight excluding hydrogens is 206 g/mol. The lowest BCUT2D eigenvalue weighted by atomic mass is 10.3. The van der Waals surface area contributed by atoms with Crippen LogP contribution in [-0.2, 0) is 9.13 Å². The largest absolute Gasteiger partial charge is 0.340 e. The molecule has 0 saturated carbocycles. The second-order valence-electron chi connectivity index (χ2n) is 2.84. The molecule has 0 aliphatic heterocycles. The number of hydrogen-bond acceptors (Lipinski definition) is 2. The third-order valence-corrected chi connectivity index (χ3v) is 5.66. The van der Waals surface area contributed by atoms with Crippen LogP contribution in [0.2, 0.25) is 0 Å². The minimum Gasteiger partial charge on any atom is -0.324 e. The van der Waals surface area contributed by atoms with Crippen LogP contribution < -0.4 is 0 Å². The summed E-state index contributed by atoms with van der Waals surface area (Å²) < 4.78 is 21.2. The molecule has 6 nitrogen and oxygen atoms in total. The number of rotatable bonds is 3. The van der Waals surface area contributed by atoms with Crippen LogP contribution in [0.5, 0.6) is 0 Å². The molecule has 0 aliphatic rings. The van der Waals surface area contributed by atoms with Crippen LogP contribution in [-0.4, -0.2) is 25.0 Å². The van der Waals surface area contributed by atoms with Crippen molar-refractivity contribution in [3.05, 3.63) is 0 Å². The predicted octanol–water partition coefficient (Wildman–Crippen LogP) is 0.324. The molecule has 0 spiro atoms. The molecule has 0 fully saturated rings. The van der Waals surface area contributed by atoms with Crippen molar-refractivity contribution in [2.75, 3.05) is 0 Å². The Kier molecular flexibility index (Phi) is 3.67. The molecule has 0 aliphatic carbocycles. The minimum atomic E-state index is -4.72. The fourth-order valence-corrected chi connectivity index (χ4v) is 4.09. The highest BCUT2D eigenvalue weighted by atomic mass is 31.2. The van der Waals surface area contributed by atoms with E-state index in [-0.39, 0.29) is 0 Å². The third kappa shape index (κ3) is 3.35. The third-order valence-electron chi connectivity index (χ3n) is 1.29. The van der Waals surface area contributed by atoms with E-state index in [1.54, 1.807) is 0 Å². The van der Waals surface area contributed by atoms with E-state index in [1.807, 2.05) is 0 Å². The molecule has 0 aromatic heterocycles. The molecule has 0 aromatic carbocycles.